The van der Waals surface area contributed by atoms with Gasteiger partial charge in [0.1, 0.15) is 6.54 Å². The summed E-state index contributed by atoms with van der Waals surface area (Å²) in [4.78, 5) is 57.1. The lowest BCUT2D eigenvalue weighted by atomic mass is 10.1. The first-order valence-electron chi connectivity index (χ1n) is 14.2. The maximum absolute atomic E-state index is 13.9. The average molecular weight is 601 g/mol. The van der Waals surface area contributed by atoms with Gasteiger partial charge < -0.3 is 19.7 Å². The highest BCUT2D eigenvalue weighted by molar-refractivity contribution is 5.97. The van der Waals surface area contributed by atoms with Gasteiger partial charge in [0.25, 0.3) is 17.3 Å². The molecule has 230 valence electrons. The maximum Gasteiger partial charge on any atom is 0.277 e. The zero-order valence-electron chi connectivity index (χ0n) is 25.2. The largest absolute Gasteiger partial charge is 0.378 e. The van der Waals surface area contributed by atoms with E-state index in [2.05, 4.69) is 4.98 Å². The fourth-order valence-corrected chi connectivity index (χ4v) is 5.04. The smallest absolute Gasteiger partial charge is 0.277 e. The van der Waals surface area contributed by atoms with E-state index in [-0.39, 0.29) is 30.5 Å². The fourth-order valence-electron chi connectivity index (χ4n) is 5.04. The Bertz CT molecular complexity index is 1630. The molecule has 0 saturated heterocycles. The van der Waals surface area contributed by atoms with E-state index in [0.29, 0.717) is 19.5 Å². The number of rotatable bonds is 13. The lowest BCUT2D eigenvalue weighted by Crippen LogP contribution is -2.44. The van der Waals surface area contributed by atoms with Gasteiger partial charge in [-0.05, 0) is 41.7 Å². The number of anilines is 1. The summed E-state index contributed by atoms with van der Waals surface area (Å²) in [5.74, 6) is -1.04. The van der Waals surface area contributed by atoms with Crippen LogP contribution in [-0.2, 0) is 17.8 Å². The van der Waals surface area contributed by atoms with Crippen LogP contribution in [0.4, 0.5) is 17.1 Å². The Hall–Kier alpha value is -5.26. The van der Waals surface area contributed by atoms with Crippen molar-refractivity contribution >= 4 is 39.8 Å². The number of nitro groups is 2. The van der Waals surface area contributed by atoms with Crippen LogP contribution in [0.25, 0.3) is 10.9 Å². The third-order valence-electron chi connectivity index (χ3n) is 7.27. The molecule has 0 atom stereocenters. The van der Waals surface area contributed by atoms with Crippen molar-refractivity contribution in [2.75, 3.05) is 38.6 Å². The highest BCUT2D eigenvalue weighted by Gasteiger charge is 2.27. The third-order valence-corrected chi connectivity index (χ3v) is 7.27. The number of carbonyl (C=O) groups is 2. The Kier molecular flexibility index (Phi) is 9.94. The van der Waals surface area contributed by atoms with Crippen LogP contribution in [0, 0.1) is 26.1 Å². The zero-order valence-corrected chi connectivity index (χ0v) is 25.2. The number of carbonyl (C=O) groups excluding carboxylic acids is 2. The van der Waals surface area contributed by atoms with Gasteiger partial charge in [-0.1, -0.05) is 44.2 Å². The topological polar surface area (TPSA) is 146 Å². The molecule has 0 saturated carbocycles. The van der Waals surface area contributed by atoms with E-state index in [1.807, 2.05) is 87.6 Å². The summed E-state index contributed by atoms with van der Waals surface area (Å²) in [6, 6.07) is 18.6. The van der Waals surface area contributed by atoms with Crippen LogP contribution in [0.3, 0.4) is 0 Å². The molecule has 1 aromatic heterocycles. The second-order valence-electron chi connectivity index (χ2n) is 11.3. The minimum absolute atomic E-state index is 0.0429. The average Bonchev–Trinajstić information content (AvgIpc) is 3.41. The molecule has 44 heavy (non-hydrogen) atoms. The summed E-state index contributed by atoms with van der Waals surface area (Å²) in [6.45, 7) is 4.32. The van der Waals surface area contributed by atoms with Gasteiger partial charge in [-0.3, -0.25) is 29.8 Å². The molecular weight excluding hydrogens is 564 g/mol. The molecule has 12 nitrogen and oxygen atoms in total. The molecule has 1 heterocycles. The van der Waals surface area contributed by atoms with Gasteiger partial charge in [0, 0.05) is 68.6 Å². The third kappa shape index (κ3) is 7.77. The number of para-hydroxylation sites is 1. The molecule has 2 amide bonds. The molecule has 0 bridgehead atoms. The molecule has 4 aromatic rings. The number of aromatic nitrogens is 1. The van der Waals surface area contributed by atoms with Crippen molar-refractivity contribution < 1.29 is 19.4 Å². The van der Waals surface area contributed by atoms with Gasteiger partial charge in [0.05, 0.1) is 21.5 Å². The first-order chi connectivity index (χ1) is 20.9. The number of nitro benzene ring substituents is 2. The minimum atomic E-state index is -0.782. The highest BCUT2D eigenvalue weighted by Crippen LogP contribution is 2.25. The molecule has 0 aliphatic heterocycles. The van der Waals surface area contributed by atoms with Crippen molar-refractivity contribution in [3.05, 3.63) is 110 Å². The van der Waals surface area contributed by atoms with E-state index in [1.54, 1.807) is 4.90 Å². The molecule has 0 spiro atoms. The molecule has 0 unspecified atom stereocenters. The normalized spacial score (nSPS) is 11.0. The second-order valence-corrected chi connectivity index (χ2v) is 11.3. The Morgan fingerprint density at radius 3 is 2.11 bits per heavy atom. The number of H-pyrrole nitrogens is 1. The summed E-state index contributed by atoms with van der Waals surface area (Å²) in [6.07, 6.45) is 2.50. The lowest BCUT2D eigenvalue weighted by molar-refractivity contribution is -0.394. The van der Waals surface area contributed by atoms with E-state index in [0.717, 1.165) is 45.9 Å². The van der Waals surface area contributed by atoms with Gasteiger partial charge in [-0.25, -0.2) is 0 Å². The Morgan fingerprint density at radius 2 is 1.52 bits per heavy atom. The van der Waals surface area contributed by atoms with E-state index >= 15 is 0 Å². The molecule has 3 aromatic carbocycles. The number of nitrogens with one attached hydrogen (secondary N) is 1. The van der Waals surface area contributed by atoms with Gasteiger partial charge in [0.2, 0.25) is 5.91 Å². The van der Waals surface area contributed by atoms with Gasteiger partial charge in [0.15, 0.2) is 0 Å². The van der Waals surface area contributed by atoms with E-state index in [4.69, 9.17) is 0 Å². The first kappa shape index (κ1) is 31.7. The Balaban J connectivity index is 1.62. The maximum atomic E-state index is 13.9. The number of amides is 2. The van der Waals surface area contributed by atoms with E-state index in [9.17, 15) is 29.8 Å². The summed E-state index contributed by atoms with van der Waals surface area (Å²) in [5, 5.41) is 23.9. The predicted octanol–water partition coefficient (Wildman–Crippen LogP) is 5.42. The van der Waals surface area contributed by atoms with Crippen molar-refractivity contribution in [3.63, 3.8) is 0 Å². The Morgan fingerprint density at radius 1 is 0.886 bits per heavy atom. The van der Waals surface area contributed by atoms with Crippen LogP contribution in [0.2, 0.25) is 0 Å². The number of nitrogens with zero attached hydrogens (tertiary/aromatic N) is 5. The number of aromatic amines is 1. The summed E-state index contributed by atoms with van der Waals surface area (Å²) in [7, 11) is 3.89. The molecular formula is C32H36N6O6. The van der Waals surface area contributed by atoms with Crippen LogP contribution >= 0.6 is 0 Å². The molecule has 0 fully saturated rings. The zero-order chi connectivity index (χ0) is 32.0. The highest BCUT2D eigenvalue weighted by atomic mass is 16.6. The summed E-state index contributed by atoms with van der Waals surface area (Å²) >= 11 is 0. The van der Waals surface area contributed by atoms with E-state index in [1.165, 1.54) is 4.90 Å². The number of fused-ring (bicyclic) bond motifs is 1. The van der Waals surface area contributed by atoms with Crippen molar-refractivity contribution in [3.8, 4) is 0 Å². The van der Waals surface area contributed by atoms with Gasteiger partial charge in [-0.15, -0.1) is 0 Å². The van der Waals surface area contributed by atoms with Crippen molar-refractivity contribution in [2.24, 2.45) is 5.92 Å². The summed E-state index contributed by atoms with van der Waals surface area (Å²) < 4.78 is 0. The summed E-state index contributed by atoms with van der Waals surface area (Å²) in [5.41, 5.74) is 2.63. The minimum Gasteiger partial charge on any atom is -0.378 e. The molecule has 1 N–H and O–H groups in total. The van der Waals surface area contributed by atoms with Crippen LogP contribution in [0.1, 0.15) is 35.3 Å². The molecule has 12 heteroatoms. The van der Waals surface area contributed by atoms with Gasteiger partial charge in [-0.2, -0.15) is 0 Å². The van der Waals surface area contributed by atoms with Crippen LogP contribution < -0.4 is 4.90 Å². The standard InChI is InChI=1S/C32H36N6O6/c1-22(2)19-36(32(40)25-15-27(37(41)42)17-28(16-25)38(43)44)21-31(39)35(20-23-9-11-26(12-10-23)34(3)4)14-13-24-18-33-30-8-6-5-7-29(24)30/h5-12,15-18,22,33H,13-14,19-21H2,1-4H3. The lowest BCUT2D eigenvalue weighted by Gasteiger charge is -2.29. The number of benzene rings is 3. The fraction of sp³-hybridized carbons (Fsp3) is 0.312. The molecule has 0 radical (unpaired) electrons. The van der Waals surface area contributed by atoms with Crippen LogP contribution in [0.15, 0.2) is 72.9 Å². The number of hydrogen-bond donors (Lipinski definition) is 1. The molecule has 0 aliphatic carbocycles. The Labute approximate surface area is 255 Å². The van der Waals surface area contributed by atoms with Crippen LogP contribution in [-0.4, -0.2) is 70.2 Å². The monoisotopic (exact) mass is 600 g/mol. The van der Waals surface area contributed by atoms with Crippen molar-refractivity contribution in [1.29, 1.82) is 0 Å². The second kappa shape index (κ2) is 13.8. The van der Waals surface area contributed by atoms with E-state index < -0.39 is 27.1 Å². The van der Waals surface area contributed by atoms with Crippen molar-refractivity contribution in [2.45, 2.75) is 26.8 Å². The van der Waals surface area contributed by atoms with Crippen LogP contribution in [0.5, 0.6) is 0 Å². The quantitative estimate of drug-likeness (QED) is 0.159. The number of hydrogen-bond acceptors (Lipinski definition) is 7. The number of non-ortho nitro benzene ring substituents is 2. The predicted molar refractivity (Wildman–Crippen MR) is 169 cm³/mol. The molecule has 0 aliphatic rings. The first-order valence-corrected chi connectivity index (χ1v) is 14.2. The van der Waals surface area contributed by atoms with Gasteiger partial charge >= 0.3 is 0 Å². The van der Waals surface area contributed by atoms with Crippen molar-refractivity contribution in [1.82, 2.24) is 14.8 Å². The molecule has 4 rings (SSSR count). The SMILES string of the molecule is CC(C)CN(CC(=O)N(CCc1c[nH]c2ccccc12)Cc1ccc(N(C)C)cc1)C(=O)c1cc([N+](=O)[O-])cc([N+](=O)[O-])c1.